The van der Waals surface area contributed by atoms with Crippen molar-refractivity contribution in [3.8, 4) is 0 Å². The molecule has 0 aliphatic carbocycles. The fraction of sp³-hybridized carbons (Fsp3) is 0.278. The smallest absolute Gasteiger partial charge is 0.441 e. The molecule has 1 aromatic heterocycles. The van der Waals surface area contributed by atoms with E-state index in [0.717, 1.165) is 0 Å². The van der Waals surface area contributed by atoms with E-state index < -0.39 is 23.7 Å². The lowest BCUT2D eigenvalue weighted by Gasteiger charge is -2.35. The minimum absolute atomic E-state index is 0.0754. The second-order valence-electron chi connectivity index (χ2n) is 5.75. The van der Waals surface area contributed by atoms with Crippen molar-refractivity contribution in [2.24, 2.45) is 0 Å². The summed E-state index contributed by atoms with van der Waals surface area (Å²) in [5.74, 6) is -3.22. The van der Waals surface area contributed by atoms with Gasteiger partial charge in [-0.15, -0.1) is 0 Å². The number of nitrogens with one attached hydrogen (secondary N) is 2. The van der Waals surface area contributed by atoms with Gasteiger partial charge in [0.1, 0.15) is 5.82 Å². The molecular weight excluding hydrogens is 399 g/mol. The lowest BCUT2D eigenvalue weighted by atomic mass is 10.1. The summed E-state index contributed by atoms with van der Waals surface area (Å²) < 4.78 is 46.8. The van der Waals surface area contributed by atoms with E-state index in [2.05, 4.69) is 9.72 Å². The van der Waals surface area contributed by atoms with Crippen molar-refractivity contribution >= 4 is 29.3 Å². The molecule has 1 aromatic carbocycles. The van der Waals surface area contributed by atoms with Gasteiger partial charge in [-0.1, -0.05) is 23.7 Å². The number of hydrogen-bond donors (Lipinski definition) is 2. The van der Waals surface area contributed by atoms with Crippen molar-refractivity contribution in [1.29, 1.82) is 0 Å². The summed E-state index contributed by atoms with van der Waals surface area (Å²) in [4.78, 5) is 28.7. The number of amides is 1. The average Bonchev–Trinajstić information content (AvgIpc) is 2.60. The molecule has 0 saturated carbocycles. The number of carbonyl (C=O) groups is 2. The Labute approximate surface area is 164 Å². The highest BCUT2D eigenvalue weighted by Gasteiger charge is 2.64. The molecule has 0 spiro atoms. The second-order valence-corrected chi connectivity index (χ2v) is 6.15. The van der Waals surface area contributed by atoms with Crippen LogP contribution in [0.2, 0.25) is 5.02 Å². The lowest BCUT2D eigenvalue weighted by Crippen LogP contribution is -2.69. The van der Waals surface area contributed by atoms with E-state index >= 15 is 0 Å². The van der Waals surface area contributed by atoms with Gasteiger partial charge in [0.15, 0.2) is 0 Å². The van der Waals surface area contributed by atoms with Crippen LogP contribution in [0.5, 0.6) is 0 Å². The minimum atomic E-state index is -5.26. The lowest BCUT2D eigenvalue weighted by molar-refractivity contribution is -0.204. The number of ether oxygens (including phenoxy) is 1. The molecule has 0 bridgehead atoms. The first-order valence-electron chi connectivity index (χ1n) is 8.12. The molecule has 6 nitrogen and oxygen atoms in total. The molecule has 1 amide bonds. The molecule has 1 atom stereocenters. The Morgan fingerprint density at radius 3 is 2.46 bits per heavy atom. The standard InChI is InChI=1S/C18H17ClF3N3O3/c1-3-28-16(27)17(18(20,21)22,24-14-10-11(2)8-9-23-14)25-15(26)12-6-4-5-7-13(12)19/h4-10H,3H2,1-2H3,(H,23,24)(H,25,26). The highest BCUT2D eigenvalue weighted by atomic mass is 35.5. The van der Waals surface area contributed by atoms with E-state index in [4.69, 9.17) is 11.6 Å². The first-order chi connectivity index (χ1) is 13.1. The quantitative estimate of drug-likeness (QED) is 0.555. The van der Waals surface area contributed by atoms with Gasteiger partial charge in [-0.05, 0) is 43.7 Å². The Morgan fingerprint density at radius 2 is 1.89 bits per heavy atom. The van der Waals surface area contributed by atoms with Crippen LogP contribution in [0.1, 0.15) is 22.8 Å². The van der Waals surface area contributed by atoms with E-state index in [1.165, 1.54) is 43.5 Å². The van der Waals surface area contributed by atoms with Gasteiger partial charge in [0.05, 0.1) is 17.2 Å². The number of anilines is 1. The minimum Gasteiger partial charge on any atom is -0.463 e. The first kappa shape index (κ1) is 21.5. The maximum Gasteiger partial charge on any atom is 0.441 e. The average molecular weight is 416 g/mol. The number of benzene rings is 1. The van der Waals surface area contributed by atoms with Crippen LogP contribution in [0.4, 0.5) is 19.0 Å². The molecule has 1 heterocycles. The fourth-order valence-corrected chi connectivity index (χ4v) is 2.53. The summed E-state index contributed by atoms with van der Waals surface area (Å²) >= 11 is 5.89. The Kier molecular flexibility index (Phi) is 6.50. The zero-order valence-electron chi connectivity index (χ0n) is 14.9. The van der Waals surface area contributed by atoms with E-state index in [-0.39, 0.29) is 23.0 Å². The highest BCUT2D eigenvalue weighted by molar-refractivity contribution is 6.33. The SMILES string of the molecule is CCOC(=O)C(NC(=O)c1ccccc1Cl)(Nc1cc(C)ccn1)C(F)(F)F. The van der Waals surface area contributed by atoms with Crippen LogP contribution in [-0.4, -0.2) is 35.3 Å². The summed E-state index contributed by atoms with van der Waals surface area (Å²) in [7, 11) is 0. The molecule has 0 fully saturated rings. The van der Waals surface area contributed by atoms with Crippen molar-refractivity contribution in [3.05, 3.63) is 58.7 Å². The molecule has 2 N–H and O–H groups in total. The van der Waals surface area contributed by atoms with Gasteiger partial charge >= 0.3 is 17.8 Å². The topological polar surface area (TPSA) is 80.3 Å². The molecule has 0 aliphatic rings. The maximum atomic E-state index is 14.1. The normalized spacial score (nSPS) is 13.4. The zero-order chi connectivity index (χ0) is 20.9. The second kappa shape index (κ2) is 8.47. The van der Waals surface area contributed by atoms with E-state index in [1.807, 2.05) is 5.32 Å². The molecule has 28 heavy (non-hydrogen) atoms. The predicted octanol–water partition coefficient (Wildman–Crippen LogP) is 3.71. The number of carbonyl (C=O) groups excluding carboxylic acids is 2. The molecule has 2 rings (SSSR count). The molecule has 0 saturated heterocycles. The van der Waals surface area contributed by atoms with Gasteiger partial charge in [0, 0.05) is 6.20 Å². The van der Waals surface area contributed by atoms with Crippen LogP contribution in [0.25, 0.3) is 0 Å². The third kappa shape index (κ3) is 4.53. The number of nitrogens with zero attached hydrogens (tertiary/aromatic N) is 1. The van der Waals surface area contributed by atoms with Gasteiger partial charge in [-0.25, -0.2) is 9.78 Å². The number of rotatable bonds is 6. The Morgan fingerprint density at radius 1 is 1.21 bits per heavy atom. The van der Waals surface area contributed by atoms with Crippen molar-refractivity contribution in [2.75, 3.05) is 11.9 Å². The summed E-state index contributed by atoms with van der Waals surface area (Å²) in [6.07, 6.45) is -4.00. The number of esters is 1. The number of aromatic nitrogens is 1. The largest absolute Gasteiger partial charge is 0.463 e. The molecule has 0 aliphatic heterocycles. The van der Waals surface area contributed by atoms with E-state index in [1.54, 1.807) is 18.3 Å². The van der Waals surface area contributed by atoms with Crippen LogP contribution in [0.15, 0.2) is 42.6 Å². The summed E-state index contributed by atoms with van der Waals surface area (Å²) in [6, 6.07) is 8.36. The highest BCUT2D eigenvalue weighted by Crippen LogP contribution is 2.33. The number of pyridine rings is 1. The number of aryl methyl sites for hydroxylation is 1. The molecular formula is C18H17ClF3N3O3. The summed E-state index contributed by atoms with van der Waals surface area (Å²) in [5.41, 5.74) is -3.21. The van der Waals surface area contributed by atoms with Crippen LogP contribution in [-0.2, 0) is 9.53 Å². The third-order valence-electron chi connectivity index (χ3n) is 3.66. The first-order valence-corrected chi connectivity index (χ1v) is 8.50. The van der Waals surface area contributed by atoms with Gasteiger partial charge in [-0.2, -0.15) is 13.2 Å². The van der Waals surface area contributed by atoms with Crippen molar-refractivity contribution in [1.82, 2.24) is 10.3 Å². The number of hydrogen-bond acceptors (Lipinski definition) is 5. The van der Waals surface area contributed by atoms with Crippen molar-refractivity contribution < 1.29 is 27.5 Å². The van der Waals surface area contributed by atoms with E-state index in [0.29, 0.717) is 5.56 Å². The number of alkyl halides is 3. The zero-order valence-corrected chi connectivity index (χ0v) is 15.7. The molecule has 1 unspecified atom stereocenters. The Hall–Kier alpha value is -2.81. The molecule has 2 aromatic rings. The van der Waals surface area contributed by atoms with Gasteiger partial charge < -0.3 is 15.4 Å². The van der Waals surface area contributed by atoms with Gasteiger partial charge in [0.25, 0.3) is 5.91 Å². The van der Waals surface area contributed by atoms with Crippen molar-refractivity contribution in [3.63, 3.8) is 0 Å². The molecule has 10 heteroatoms. The van der Waals surface area contributed by atoms with Crippen LogP contribution in [0, 0.1) is 6.92 Å². The van der Waals surface area contributed by atoms with E-state index in [9.17, 15) is 22.8 Å². The molecule has 0 radical (unpaired) electrons. The summed E-state index contributed by atoms with van der Waals surface area (Å²) in [5, 5.41) is 3.62. The monoisotopic (exact) mass is 415 g/mol. The van der Waals surface area contributed by atoms with Gasteiger partial charge in [-0.3, -0.25) is 4.79 Å². The Bertz CT molecular complexity index is 876. The van der Waals surface area contributed by atoms with Crippen LogP contribution in [0.3, 0.4) is 0 Å². The molecule has 150 valence electrons. The predicted molar refractivity (Wildman–Crippen MR) is 96.9 cm³/mol. The third-order valence-corrected chi connectivity index (χ3v) is 3.99. The van der Waals surface area contributed by atoms with Gasteiger partial charge in [0.2, 0.25) is 0 Å². The Balaban J connectivity index is 2.54. The maximum absolute atomic E-state index is 14.1. The van der Waals surface area contributed by atoms with Crippen LogP contribution >= 0.6 is 11.6 Å². The number of halogens is 4. The van der Waals surface area contributed by atoms with Crippen molar-refractivity contribution in [2.45, 2.75) is 25.7 Å². The fourth-order valence-electron chi connectivity index (χ4n) is 2.31. The summed E-state index contributed by atoms with van der Waals surface area (Å²) in [6.45, 7) is 2.65. The van der Waals surface area contributed by atoms with Crippen LogP contribution < -0.4 is 10.6 Å².